The van der Waals surface area contributed by atoms with Gasteiger partial charge < -0.3 is 0 Å². The summed E-state index contributed by atoms with van der Waals surface area (Å²) in [6.45, 7) is 0. The van der Waals surface area contributed by atoms with E-state index in [1.807, 2.05) is 42.5 Å². The van der Waals surface area contributed by atoms with E-state index in [1.165, 1.54) is 0 Å². The first kappa shape index (κ1) is 10.5. The largest absolute Gasteiger partial charge is 0.247 e. The Balaban J connectivity index is 2.27. The number of para-hydroxylation sites is 1. The maximum Gasteiger partial charge on any atom is 0.0857 e. The molecule has 1 radical (unpaired) electrons. The van der Waals surface area contributed by atoms with Crippen LogP contribution in [0.3, 0.4) is 0 Å². The maximum atomic E-state index is 4.67. The number of hydrogen-bond acceptors (Lipinski definition) is 1. The van der Waals surface area contributed by atoms with Gasteiger partial charge in [0.2, 0.25) is 0 Å². The Labute approximate surface area is 108 Å². The second-order valence-corrected chi connectivity index (χ2v) is 4.64. The van der Waals surface area contributed by atoms with Gasteiger partial charge in [-0.3, -0.25) is 0 Å². The van der Waals surface area contributed by atoms with Gasteiger partial charge in [-0.2, -0.15) is 0 Å². The van der Waals surface area contributed by atoms with Gasteiger partial charge in [-0.05, 0) is 34.1 Å². The zero-order valence-corrected chi connectivity index (χ0v) is 10.6. The molecule has 3 aromatic rings. The predicted octanol–water partition coefficient (Wildman–Crippen LogP) is 4.46. The summed E-state index contributed by atoms with van der Waals surface area (Å²) in [5.74, 6) is 0. The lowest BCUT2D eigenvalue weighted by atomic mass is 10.1. The summed E-state index contributed by atoms with van der Waals surface area (Å²) in [4.78, 5) is 4.67. The van der Waals surface area contributed by atoms with Crippen LogP contribution in [0.2, 0.25) is 0 Å². The first-order valence-electron chi connectivity index (χ1n) is 5.37. The Morgan fingerprint density at radius 1 is 1.00 bits per heavy atom. The lowest BCUT2D eigenvalue weighted by Gasteiger charge is -2.05. The highest BCUT2D eigenvalue weighted by atomic mass is 79.9. The van der Waals surface area contributed by atoms with E-state index in [1.54, 1.807) is 0 Å². The van der Waals surface area contributed by atoms with Crippen molar-refractivity contribution in [3.63, 3.8) is 0 Å². The molecule has 17 heavy (non-hydrogen) atoms. The van der Waals surface area contributed by atoms with Crippen LogP contribution in [0.5, 0.6) is 0 Å². The molecule has 0 bridgehead atoms. The number of nitrogens with zero attached hydrogens (tertiary/aromatic N) is 1. The number of aromatic nitrogens is 1. The molecule has 0 aliphatic carbocycles. The molecular weight excluding hydrogens is 274 g/mol. The molecule has 0 unspecified atom stereocenters. The van der Waals surface area contributed by atoms with Crippen LogP contribution in [0, 0.1) is 6.07 Å². The van der Waals surface area contributed by atoms with E-state index in [9.17, 15) is 0 Å². The van der Waals surface area contributed by atoms with Crippen molar-refractivity contribution in [2.45, 2.75) is 0 Å². The normalized spacial score (nSPS) is 10.6. The van der Waals surface area contributed by atoms with Gasteiger partial charge in [-0.1, -0.05) is 42.5 Å². The predicted molar refractivity (Wildman–Crippen MR) is 73.7 cm³/mol. The average Bonchev–Trinajstić information content (AvgIpc) is 2.39. The van der Waals surface area contributed by atoms with Crippen LogP contribution >= 0.6 is 15.9 Å². The summed E-state index contributed by atoms with van der Waals surface area (Å²) in [5, 5.41) is 1.14. The summed E-state index contributed by atoms with van der Waals surface area (Å²) in [7, 11) is 0. The van der Waals surface area contributed by atoms with Crippen molar-refractivity contribution in [3.8, 4) is 11.3 Å². The van der Waals surface area contributed by atoms with E-state index < -0.39 is 0 Å². The minimum absolute atomic E-state index is 0.935. The second kappa shape index (κ2) is 4.30. The highest BCUT2D eigenvalue weighted by Crippen LogP contribution is 2.28. The Hall–Kier alpha value is -1.67. The molecule has 1 aromatic heterocycles. The van der Waals surface area contributed by atoms with Crippen LogP contribution in [0.4, 0.5) is 0 Å². The van der Waals surface area contributed by atoms with Gasteiger partial charge in [0.05, 0.1) is 11.2 Å². The van der Waals surface area contributed by atoms with Crippen molar-refractivity contribution in [3.05, 3.63) is 65.1 Å². The summed E-state index contributed by atoms with van der Waals surface area (Å²) >= 11 is 3.57. The second-order valence-electron chi connectivity index (χ2n) is 3.79. The average molecular weight is 283 g/mol. The quantitative estimate of drug-likeness (QED) is 0.642. The van der Waals surface area contributed by atoms with Crippen molar-refractivity contribution in [1.29, 1.82) is 0 Å². The van der Waals surface area contributed by atoms with Crippen LogP contribution in [0.15, 0.2) is 59.1 Å². The summed E-state index contributed by atoms with van der Waals surface area (Å²) < 4.78 is 0.999. The fraction of sp³-hybridized carbons (Fsp3) is 0. The van der Waals surface area contributed by atoms with Crippen molar-refractivity contribution >= 4 is 26.8 Å². The maximum absolute atomic E-state index is 4.67. The number of pyridine rings is 1. The van der Waals surface area contributed by atoms with Crippen molar-refractivity contribution < 1.29 is 0 Å². The molecule has 0 atom stereocenters. The minimum Gasteiger partial charge on any atom is -0.247 e. The highest BCUT2D eigenvalue weighted by molar-refractivity contribution is 9.10. The van der Waals surface area contributed by atoms with E-state index in [0.717, 1.165) is 26.6 Å². The lowest BCUT2D eigenvalue weighted by Crippen LogP contribution is -1.87. The van der Waals surface area contributed by atoms with Gasteiger partial charge in [0.1, 0.15) is 0 Å². The number of benzene rings is 2. The van der Waals surface area contributed by atoms with E-state index in [0.29, 0.717) is 0 Å². The van der Waals surface area contributed by atoms with Gasteiger partial charge in [0.25, 0.3) is 0 Å². The monoisotopic (exact) mass is 282 g/mol. The fourth-order valence-electron chi connectivity index (χ4n) is 1.82. The number of rotatable bonds is 1. The Morgan fingerprint density at radius 3 is 2.65 bits per heavy atom. The summed E-state index contributed by atoms with van der Waals surface area (Å²) in [6, 6.07) is 21.3. The zero-order valence-electron chi connectivity index (χ0n) is 9.02. The first-order valence-corrected chi connectivity index (χ1v) is 6.16. The SMILES string of the molecule is Brc1cc2ccccc2nc1-c1[c]cccc1. The van der Waals surface area contributed by atoms with Gasteiger partial charge in [-0.25, -0.2) is 4.98 Å². The molecule has 0 aliphatic rings. The fourth-order valence-corrected chi connectivity index (χ4v) is 2.37. The molecule has 1 heterocycles. The topological polar surface area (TPSA) is 12.9 Å². The molecule has 0 aliphatic heterocycles. The molecule has 0 amide bonds. The molecule has 0 spiro atoms. The smallest absolute Gasteiger partial charge is 0.0857 e. The first-order chi connectivity index (χ1) is 8.34. The molecule has 0 N–H and O–H groups in total. The van der Waals surface area contributed by atoms with Crippen LogP contribution in [-0.4, -0.2) is 4.98 Å². The van der Waals surface area contributed by atoms with Crippen molar-refractivity contribution in [1.82, 2.24) is 4.98 Å². The van der Waals surface area contributed by atoms with Crippen molar-refractivity contribution in [2.24, 2.45) is 0 Å². The van der Waals surface area contributed by atoms with Crippen LogP contribution < -0.4 is 0 Å². The molecule has 2 heteroatoms. The third kappa shape index (κ3) is 1.96. The number of halogens is 1. The van der Waals surface area contributed by atoms with E-state index in [-0.39, 0.29) is 0 Å². The molecule has 81 valence electrons. The van der Waals surface area contributed by atoms with E-state index in [2.05, 4.69) is 39.1 Å². The number of hydrogen-bond donors (Lipinski definition) is 0. The van der Waals surface area contributed by atoms with E-state index >= 15 is 0 Å². The third-order valence-corrected chi connectivity index (χ3v) is 3.25. The molecule has 0 fully saturated rings. The van der Waals surface area contributed by atoms with Crippen LogP contribution in [-0.2, 0) is 0 Å². The third-order valence-electron chi connectivity index (χ3n) is 2.64. The molecule has 0 saturated carbocycles. The zero-order chi connectivity index (χ0) is 11.7. The summed E-state index contributed by atoms with van der Waals surface area (Å²) in [6.07, 6.45) is 0. The molecule has 3 rings (SSSR count). The van der Waals surface area contributed by atoms with Crippen LogP contribution in [0.1, 0.15) is 0 Å². The molecule has 2 aromatic carbocycles. The molecular formula is C15H9BrN. The lowest BCUT2D eigenvalue weighted by molar-refractivity contribution is 1.38. The Morgan fingerprint density at radius 2 is 1.82 bits per heavy atom. The Bertz CT molecular complexity index is 662. The van der Waals surface area contributed by atoms with E-state index in [4.69, 9.17) is 0 Å². The van der Waals surface area contributed by atoms with Gasteiger partial charge in [0.15, 0.2) is 0 Å². The van der Waals surface area contributed by atoms with Gasteiger partial charge in [0, 0.05) is 15.4 Å². The van der Waals surface area contributed by atoms with Gasteiger partial charge >= 0.3 is 0 Å². The number of fused-ring (bicyclic) bond motifs is 1. The highest BCUT2D eigenvalue weighted by Gasteiger charge is 2.06. The minimum atomic E-state index is 0.935. The Kier molecular flexibility index (Phi) is 2.65. The van der Waals surface area contributed by atoms with Gasteiger partial charge in [-0.15, -0.1) is 0 Å². The standard InChI is InChI=1S/C15H9BrN/c16-13-10-12-8-4-5-9-14(12)17-15(13)11-6-2-1-3-7-11/h1-6,8-10H. The van der Waals surface area contributed by atoms with Crippen molar-refractivity contribution in [2.75, 3.05) is 0 Å². The molecule has 1 nitrogen and oxygen atoms in total. The molecule has 0 saturated heterocycles. The summed E-state index contributed by atoms with van der Waals surface area (Å²) in [5.41, 5.74) is 2.94. The van der Waals surface area contributed by atoms with Crippen LogP contribution in [0.25, 0.3) is 22.2 Å².